The van der Waals surface area contributed by atoms with Crippen molar-refractivity contribution in [3.8, 4) is 0 Å². The summed E-state index contributed by atoms with van der Waals surface area (Å²) < 4.78 is 0. The minimum absolute atomic E-state index is 1.27. The van der Waals surface area contributed by atoms with Crippen molar-refractivity contribution in [3.63, 3.8) is 0 Å². The molecule has 0 amide bonds. The molecule has 0 unspecified atom stereocenters. The summed E-state index contributed by atoms with van der Waals surface area (Å²) in [6, 6.07) is 8.36. The SMILES string of the molecule is C=C/C=C(/C)c1ccccc1C. The summed E-state index contributed by atoms with van der Waals surface area (Å²) in [7, 11) is 0. The summed E-state index contributed by atoms with van der Waals surface area (Å²) in [6.07, 6.45) is 3.85. The van der Waals surface area contributed by atoms with Crippen LogP contribution in [0.5, 0.6) is 0 Å². The number of allylic oxidation sites excluding steroid dienone is 3. The minimum Gasteiger partial charge on any atom is -0.0991 e. The third-order valence-electron chi connectivity index (χ3n) is 1.94. The first-order valence-electron chi connectivity index (χ1n) is 4.11. The highest BCUT2D eigenvalue weighted by molar-refractivity contribution is 5.67. The third-order valence-corrected chi connectivity index (χ3v) is 1.94. The van der Waals surface area contributed by atoms with E-state index in [4.69, 9.17) is 0 Å². The van der Waals surface area contributed by atoms with Crippen LogP contribution in [0.15, 0.2) is 43.0 Å². The van der Waals surface area contributed by atoms with Crippen LogP contribution in [0.3, 0.4) is 0 Å². The molecule has 0 heteroatoms. The number of rotatable bonds is 2. The monoisotopic (exact) mass is 158 g/mol. The van der Waals surface area contributed by atoms with E-state index in [-0.39, 0.29) is 0 Å². The summed E-state index contributed by atoms with van der Waals surface area (Å²) in [5, 5.41) is 0. The normalized spacial score (nSPS) is 11.3. The molecule has 0 aliphatic carbocycles. The summed E-state index contributed by atoms with van der Waals surface area (Å²) in [5.74, 6) is 0. The van der Waals surface area contributed by atoms with Gasteiger partial charge < -0.3 is 0 Å². The van der Waals surface area contributed by atoms with Gasteiger partial charge in [-0.15, -0.1) is 0 Å². The third kappa shape index (κ3) is 1.85. The van der Waals surface area contributed by atoms with Crippen molar-refractivity contribution in [2.24, 2.45) is 0 Å². The smallest absolute Gasteiger partial charge is 0.0198 e. The summed E-state index contributed by atoms with van der Waals surface area (Å²) in [4.78, 5) is 0. The molecule has 0 saturated heterocycles. The van der Waals surface area contributed by atoms with Crippen molar-refractivity contribution in [2.45, 2.75) is 13.8 Å². The van der Waals surface area contributed by atoms with Gasteiger partial charge in [0, 0.05) is 0 Å². The molecule has 0 aromatic heterocycles. The van der Waals surface area contributed by atoms with Crippen molar-refractivity contribution in [1.29, 1.82) is 0 Å². The lowest BCUT2D eigenvalue weighted by Crippen LogP contribution is -1.83. The van der Waals surface area contributed by atoms with E-state index in [0.29, 0.717) is 0 Å². The molecule has 62 valence electrons. The van der Waals surface area contributed by atoms with Gasteiger partial charge in [0.15, 0.2) is 0 Å². The van der Waals surface area contributed by atoms with E-state index in [9.17, 15) is 0 Å². The van der Waals surface area contributed by atoms with E-state index in [2.05, 4.69) is 44.7 Å². The second-order valence-electron chi connectivity index (χ2n) is 2.90. The van der Waals surface area contributed by atoms with Gasteiger partial charge in [-0.1, -0.05) is 43.0 Å². The Labute approximate surface area is 74.2 Å². The maximum Gasteiger partial charge on any atom is -0.0198 e. The van der Waals surface area contributed by atoms with E-state index in [1.165, 1.54) is 16.7 Å². The summed E-state index contributed by atoms with van der Waals surface area (Å²) in [5.41, 5.74) is 3.88. The van der Waals surface area contributed by atoms with Crippen LogP contribution in [0.4, 0.5) is 0 Å². The van der Waals surface area contributed by atoms with E-state index in [0.717, 1.165) is 0 Å². The van der Waals surface area contributed by atoms with Gasteiger partial charge >= 0.3 is 0 Å². The second-order valence-corrected chi connectivity index (χ2v) is 2.90. The Morgan fingerprint density at radius 1 is 1.33 bits per heavy atom. The fourth-order valence-corrected chi connectivity index (χ4v) is 1.28. The zero-order chi connectivity index (χ0) is 8.97. The van der Waals surface area contributed by atoms with Gasteiger partial charge in [-0.25, -0.2) is 0 Å². The van der Waals surface area contributed by atoms with Gasteiger partial charge in [-0.3, -0.25) is 0 Å². The van der Waals surface area contributed by atoms with Crippen LogP contribution in [0.2, 0.25) is 0 Å². The van der Waals surface area contributed by atoms with E-state index in [1.54, 1.807) is 0 Å². The highest BCUT2D eigenvalue weighted by Crippen LogP contribution is 2.17. The van der Waals surface area contributed by atoms with Gasteiger partial charge in [0.05, 0.1) is 0 Å². The molecule has 1 rings (SSSR count). The fraction of sp³-hybridized carbons (Fsp3) is 0.167. The van der Waals surface area contributed by atoms with E-state index < -0.39 is 0 Å². The standard InChI is InChI=1S/C12H14/c1-4-7-10(2)12-9-6-5-8-11(12)3/h4-9H,1H2,2-3H3/b10-7-. The zero-order valence-corrected chi connectivity index (χ0v) is 7.67. The molecule has 0 fully saturated rings. The maximum atomic E-state index is 3.68. The fourth-order valence-electron chi connectivity index (χ4n) is 1.28. The van der Waals surface area contributed by atoms with E-state index >= 15 is 0 Å². The molecule has 1 aromatic rings. The van der Waals surface area contributed by atoms with Crippen LogP contribution in [-0.2, 0) is 0 Å². The highest BCUT2D eigenvalue weighted by atomic mass is 14.0. The Kier molecular flexibility index (Phi) is 2.87. The minimum atomic E-state index is 1.27. The molecular weight excluding hydrogens is 144 g/mol. The van der Waals surface area contributed by atoms with Crippen LogP contribution in [-0.4, -0.2) is 0 Å². The lowest BCUT2D eigenvalue weighted by Gasteiger charge is -2.03. The van der Waals surface area contributed by atoms with Crippen molar-refractivity contribution in [2.75, 3.05) is 0 Å². The molecular formula is C12H14. The largest absolute Gasteiger partial charge is 0.0991 e. The van der Waals surface area contributed by atoms with Gasteiger partial charge in [0.2, 0.25) is 0 Å². The molecule has 0 bridgehead atoms. The maximum absolute atomic E-state index is 3.68. The Bertz CT molecular complexity index is 306. The molecule has 0 aliphatic heterocycles. The predicted molar refractivity (Wildman–Crippen MR) is 55.0 cm³/mol. The quantitative estimate of drug-likeness (QED) is 0.577. The molecule has 0 nitrogen and oxygen atoms in total. The molecule has 0 aliphatic rings. The summed E-state index contributed by atoms with van der Waals surface area (Å²) in [6.45, 7) is 7.90. The van der Waals surface area contributed by atoms with Crippen LogP contribution in [0.1, 0.15) is 18.1 Å². The number of benzene rings is 1. The summed E-state index contributed by atoms with van der Waals surface area (Å²) >= 11 is 0. The number of hydrogen-bond donors (Lipinski definition) is 0. The lowest BCUT2D eigenvalue weighted by molar-refractivity contribution is 1.41. The average molecular weight is 158 g/mol. The van der Waals surface area contributed by atoms with Gasteiger partial charge in [-0.2, -0.15) is 0 Å². The Morgan fingerprint density at radius 3 is 2.58 bits per heavy atom. The zero-order valence-electron chi connectivity index (χ0n) is 7.67. The second kappa shape index (κ2) is 3.91. The first-order chi connectivity index (χ1) is 5.75. The van der Waals surface area contributed by atoms with Crippen molar-refractivity contribution >= 4 is 5.57 Å². The van der Waals surface area contributed by atoms with Gasteiger partial charge in [0.25, 0.3) is 0 Å². The van der Waals surface area contributed by atoms with Crippen molar-refractivity contribution < 1.29 is 0 Å². The Hall–Kier alpha value is -1.30. The van der Waals surface area contributed by atoms with Crippen LogP contribution >= 0.6 is 0 Å². The van der Waals surface area contributed by atoms with Crippen LogP contribution in [0, 0.1) is 6.92 Å². The Morgan fingerprint density at radius 2 is 2.00 bits per heavy atom. The van der Waals surface area contributed by atoms with Crippen LogP contribution in [0.25, 0.3) is 5.57 Å². The molecule has 1 aromatic carbocycles. The highest BCUT2D eigenvalue weighted by Gasteiger charge is 1.96. The number of hydrogen-bond acceptors (Lipinski definition) is 0. The van der Waals surface area contributed by atoms with Gasteiger partial charge in [-0.05, 0) is 30.5 Å². The first kappa shape index (κ1) is 8.79. The van der Waals surface area contributed by atoms with Gasteiger partial charge in [0.1, 0.15) is 0 Å². The molecule has 0 N–H and O–H groups in total. The molecule has 0 heterocycles. The average Bonchev–Trinajstić information content (AvgIpc) is 2.05. The first-order valence-corrected chi connectivity index (χ1v) is 4.11. The number of aryl methyl sites for hydroxylation is 1. The van der Waals surface area contributed by atoms with Crippen LogP contribution < -0.4 is 0 Å². The lowest BCUT2D eigenvalue weighted by atomic mass is 10.0. The van der Waals surface area contributed by atoms with Crippen molar-refractivity contribution in [1.82, 2.24) is 0 Å². The molecule has 0 spiro atoms. The molecule has 0 atom stereocenters. The van der Waals surface area contributed by atoms with Crippen molar-refractivity contribution in [3.05, 3.63) is 54.1 Å². The molecule has 0 saturated carbocycles. The Balaban J connectivity index is 3.10. The molecule has 0 radical (unpaired) electrons. The topological polar surface area (TPSA) is 0 Å². The molecule has 12 heavy (non-hydrogen) atoms. The van der Waals surface area contributed by atoms with E-state index in [1.807, 2.05) is 12.2 Å². The predicted octanol–water partition coefficient (Wildman–Crippen LogP) is 3.58.